The number of nitrogens with two attached hydrogens (primary N) is 1. The summed E-state index contributed by atoms with van der Waals surface area (Å²) in [7, 11) is 0. The van der Waals surface area contributed by atoms with Gasteiger partial charge in [0, 0.05) is 18.2 Å². The number of hydrogen-bond acceptors (Lipinski definition) is 5. The van der Waals surface area contributed by atoms with Crippen LogP contribution in [0.15, 0.2) is 48.5 Å². The van der Waals surface area contributed by atoms with E-state index in [4.69, 9.17) is 5.73 Å². The van der Waals surface area contributed by atoms with E-state index in [2.05, 4.69) is 20.5 Å². The van der Waals surface area contributed by atoms with Gasteiger partial charge in [-0.2, -0.15) is 0 Å². The van der Waals surface area contributed by atoms with Crippen LogP contribution in [0.25, 0.3) is 11.0 Å². The molecule has 2 heterocycles. The Balaban J connectivity index is 1.35. The minimum atomic E-state index is -0.200. The summed E-state index contributed by atoms with van der Waals surface area (Å²) >= 11 is 0. The maximum Gasteiger partial charge on any atom is 0.246 e. The van der Waals surface area contributed by atoms with E-state index in [0.29, 0.717) is 0 Å². The van der Waals surface area contributed by atoms with Gasteiger partial charge < -0.3 is 11.1 Å². The fraction of sp³-hybridized carbons (Fsp3) is 0.333. The van der Waals surface area contributed by atoms with E-state index in [1.54, 1.807) is 4.68 Å². The molecule has 29 heavy (non-hydrogen) atoms. The van der Waals surface area contributed by atoms with Gasteiger partial charge in [0.25, 0.3) is 0 Å². The molecule has 2 amide bonds. The highest BCUT2D eigenvalue weighted by Crippen LogP contribution is 2.20. The molecule has 0 atom stereocenters. The van der Waals surface area contributed by atoms with Gasteiger partial charge in [0.15, 0.2) is 0 Å². The van der Waals surface area contributed by atoms with Crippen molar-refractivity contribution >= 4 is 28.5 Å². The Bertz CT molecular complexity index is 1020. The van der Waals surface area contributed by atoms with Crippen molar-refractivity contribution < 1.29 is 9.59 Å². The zero-order valence-corrected chi connectivity index (χ0v) is 16.1. The number of nitrogens with one attached hydrogen (secondary N) is 1. The number of benzene rings is 2. The number of carbonyl (C=O) groups is 2. The third-order valence-electron chi connectivity index (χ3n) is 5.32. The molecule has 3 aromatic rings. The molecule has 0 saturated carbocycles. The molecule has 1 fully saturated rings. The lowest BCUT2D eigenvalue weighted by Crippen LogP contribution is -2.38. The number of piperidine rings is 1. The van der Waals surface area contributed by atoms with Crippen molar-refractivity contribution in [3.63, 3.8) is 0 Å². The summed E-state index contributed by atoms with van der Waals surface area (Å²) in [5.74, 6) is -0.362. The number of hydrogen-bond donors (Lipinski definition) is 2. The number of nitrogens with zero attached hydrogens (tertiary/aromatic N) is 4. The highest BCUT2D eigenvalue weighted by atomic mass is 16.2. The fourth-order valence-corrected chi connectivity index (χ4v) is 3.75. The number of primary amides is 1. The van der Waals surface area contributed by atoms with Crippen LogP contribution in [-0.4, -0.2) is 44.8 Å². The Labute approximate surface area is 168 Å². The average Bonchev–Trinajstić information content (AvgIpc) is 3.11. The molecular formula is C21H24N6O2. The normalized spacial score (nSPS) is 15.4. The Morgan fingerprint density at radius 1 is 1.10 bits per heavy atom. The van der Waals surface area contributed by atoms with E-state index in [0.717, 1.165) is 54.8 Å². The van der Waals surface area contributed by atoms with E-state index >= 15 is 0 Å². The second-order valence-corrected chi connectivity index (χ2v) is 7.44. The second-order valence-electron chi connectivity index (χ2n) is 7.44. The summed E-state index contributed by atoms with van der Waals surface area (Å²) in [4.78, 5) is 26.1. The molecule has 0 radical (unpaired) electrons. The standard InChI is InChI=1S/C21H24N6O2/c22-21(29)16-8-10-26(11-9-16)13-15-4-3-5-17(12-15)23-20(28)14-27-19-7-2-1-6-18(19)24-25-27/h1-7,12,16H,8-11,13-14H2,(H2,22,29)(H,23,28). The molecule has 2 aromatic carbocycles. The van der Waals surface area contributed by atoms with E-state index in [-0.39, 0.29) is 24.3 Å². The lowest BCUT2D eigenvalue weighted by atomic mass is 9.96. The molecule has 150 valence electrons. The molecule has 8 heteroatoms. The van der Waals surface area contributed by atoms with Crippen LogP contribution in [0.1, 0.15) is 18.4 Å². The smallest absolute Gasteiger partial charge is 0.246 e. The number of fused-ring (bicyclic) bond motifs is 1. The Hall–Kier alpha value is -3.26. The van der Waals surface area contributed by atoms with Gasteiger partial charge >= 0.3 is 0 Å². The predicted molar refractivity (Wildman–Crippen MR) is 110 cm³/mol. The van der Waals surface area contributed by atoms with E-state index in [9.17, 15) is 9.59 Å². The Morgan fingerprint density at radius 2 is 1.90 bits per heavy atom. The van der Waals surface area contributed by atoms with Crippen molar-refractivity contribution in [1.82, 2.24) is 19.9 Å². The van der Waals surface area contributed by atoms with Crippen molar-refractivity contribution in [3.05, 3.63) is 54.1 Å². The van der Waals surface area contributed by atoms with Crippen LogP contribution in [0, 0.1) is 5.92 Å². The number of para-hydroxylation sites is 1. The van der Waals surface area contributed by atoms with Crippen molar-refractivity contribution in [3.8, 4) is 0 Å². The number of carbonyl (C=O) groups excluding carboxylic acids is 2. The van der Waals surface area contributed by atoms with E-state index in [1.807, 2.05) is 48.5 Å². The third kappa shape index (κ3) is 4.60. The molecule has 0 unspecified atom stereocenters. The fourth-order valence-electron chi connectivity index (χ4n) is 3.75. The minimum Gasteiger partial charge on any atom is -0.369 e. The third-order valence-corrected chi connectivity index (χ3v) is 5.32. The zero-order valence-electron chi connectivity index (χ0n) is 16.1. The van der Waals surface area contributed by atoms with Crippen LogP contribution >= 0.6 is 0 Å². The summed E-state index contributed by atoms with van der Waals surface area (Å²) in [6.07, 6.45) is 1.61. The minimum absolute atomic E-state index is 0.00950. The summed E-state index contributed by atoms with van der Waals surface area (Å²) in [6, 6.07) is 15.4. The molecule has 1 saturated heterocycles. The van der Waals surface area contributed by atoms with Crippen LogP contribution in [0.5, 0.6) is 0 Å². The quantitative estimate of drug-likeness (QED) is 0.665. The molecule has 1 aliphatic heterocycles. The molecule has 3 N–H and O–H groups in total. The molecular weight excluding hydrogens is 368 g/mol. The average molecular weight is 392 g/mol. The van der Waals surface area contributed by atoms with Crippen LogP contribution < -0.4 is 11.1 Å². The van der Waals surface area contributed by atoms with Gasteiger partial charge in [0.1, 0.15) is 12.1 Å². The first-order valence-electron chi connectivity index (χ1n) is 9.77. The maximum atomic E-state index is 12.5. The molecule has 0 aliphatic carbocycles. The first kappa shape index (κ1) is 19.1. The van der Waals surface area contributed by atoms with E-state index in [1.165, 1.54) is 0 Å². The molecule has 1 aromatic heterocycles. The van der Waals surface area contributed by atoms with Crippen molar-refractivity contribution in [1.29, 1.82) is 0 Å². The monoisotopic (exact) mass is 392 g/mol. The van der Waals surface area contributed by atoms with Gasteiger partial charge in [-0.3, -0.25) is 14.5 Å². The molecule has 4 rings (SSSR count). The first-order chi connectivity index (χ1) is 14.1. The van der Waals surface area contributed by atoms with Gasteiger partial charge in [-0.25, -0.2) is 4.68 Å². The maximum absolute atomic E-state index is 12.5. The van der Waals surface area contributed by atoms with Gasteiger partial charge in [0.2, 0.25) is 11.8 Å². The van der Waals surface area contributed by atoms with Crippen LogP contribution in [0.3, 0.4) is 0 Å². The molecule has 0 bridgehead atoms. The number of aromatic nitrogens is 3. The van der Waals surface area contributed by atoms with Gasteiger partial charge in [-0.1, -0.05) is 29.5 Å². The first-order valence-corrected chi connectivity index (χ1v) is 9.77. The van der Waals surface area contributed by atoms with Gasteiger partial charge in [-0.05, 0) is 55.8 Å². The SMILES string of the molecule is NC(=O)C1CCN(Cc2cccc(NC(=O)Cn3nnc4ccccc43)c2)CC1. The predicted octanol–water partition coefficient (Wildman–Crippen LogP) is 1.77. The van der Waals surface area contributed by atoms with Gasteiger partial charge in [0.05, 0.1) is 5.52 Å². The number of likely N-dealkylation sites (tertiary alicyclic amines) is 1. The summed E-state index contributed by atoms with van der Waals surface area (Å²) in [5.41, 5.74) is 8.87. The summed E-state index contributed by atoms with van der Waals surface area (Å²) < 4.78 is 1.59. The van der Waals surface area contributed by atoms with Crippen LogP contribution in [-0.2, 0) is 22.7 Å². The van der Waals surface area contributed by atoms with Crippen molar-refractivity contribution in [2.75, 3.05) is 18.4 Å². The Kier molecular flexibility index (Phi) is 5.53. The lowest BCUT2D eigenvalue weighted by molar-refractivity contribution is -0.123. The number of anilines is 1. The van der Waals surface area contributed by atoms with Crippen LogP contribution in [0.4, 0.5) is 5.69 Å². The number of amides is 2. The largest absolute Gasteiger partial charge is 0.369 e. The van der Waals surface area contributed by atoms with Crippen LogP contribution in [0.2, 0.25) is 0 Å². The Morgan fingerprint density at radius 3 is 2.69 bits per heavy atom. The molecule has 8 nitrogen and oxygen atoms in total. The van der Waals surface area contributed by atoms with Crippen molar-refractivity contribution in [2.24, 2.45) is 11.7 Å². The number of rotatable bonds is 6. The highest BCUT2D eigenvalue weighted by Gasteiger charge is 2.23. The zero-order chi connectivity index (χ0) is 20.2. The van der Waals surface area contributed by atoms with E-state index < -0.39 is 0 Å². The topological polar surface area (TPSA) is 106 Å². The molecule has 1 aliphatic rings. The summed E-state index contributed by atoms with van der Waals surface area (Å²) in [6.45, 7) is 2.58. The summed E-state index contributed by atoms with van der Waals surface area (Å²) in [5, 5.41) is 11.1. The van der Waals surface area contributed by atoms with Crippen molar-refractivity contribution in [2.45, 2.75) is 25.9 Å². The lowest BCUT2D eigenvalue weighted by Gasteiger charge is -2.30. The van der Waals surface area contributed by atoms with Gasteiger partial charge in [-0.15, -0.1) is 5.10 Å². The highest BCUT2D eigenvalue weighted by molar-refractivity contribution is 5.91. The molecule has 0 spiro atoms. The second kappa shape index (κ2) is 8.40.